The molecule has 2 aromatic rings. The minimum Gasteiger partial charge on any atom is -0.400 e. The first-order chi connectivity index (χ1) is 13.8. The van der Waals surface area contributed by atoms with Crippen LogP contribution in [0.2, 0.25) is 0 Å². The first kappa shape index (κ1) is 23.0. The number of ether oxygens (including phenoxy) is 1. The van der Waals surface area contributed by atoms with Crippen molar-refractivity contribution in [3.8, 4) is 5.75 Å². The summed E-state index contributed by atoms with van der Waals surface area (Å²) in [7, 11) is 2.00. The molecule has 0 fully saturated rings. The summed E-state index contributed by atoms with van der Waals surface area (Å²) in [5.41, 5.74) is -2.83. The Morgan fingerprint density at radius 3 is 2.14 bits per heavy atom. The van der Waals surface area contributed by atoms with Crippen LogP contribution in [0.25, 0.3) is 0 Å². The average Bonchev–Trinajstić information content (AvgIpc) is 3.04. The van der Waals surface area contributed by atoms with Gasteiger partial charge in [-0.2, -0.15) is 0 Å². The maximum atomic E-state index is 14.5. The molecule has 0 bridgehead atoms. The van der Waals surface area contributed by atoms with E-state index in [2.05, 4.69) is 4.94 Å². The molecule has 29 heavy (non-hydrogen) atoms. The molecule has 0 spiro atoms. The number of methoxy groups -OCH3 is 1. The molecule has 1 aliphatic rings. The van der Waals surface area contributed by atoms with Gasteiger partial charge in [-0.3, -0.25) is 9.74 Å². The van der Waals surface area contributed by atoms with Crippen molar-refractivity contribution in [3.63, 3.8) is 0 Å². The number of alkyl halides is 2. The monoisotopic (exact) mass is 440 g/mol. The van der Waals surface area contributed by atoms with E-state index >= 15 is 0 Å². The number of aliphatic hydroxyl groups is 1. The largest absolute Gasteiger partial charge is 0.400 e. The van der Waals surface area contributed by atoms with Gasteiger partial charge < -0.3 is 9.84 Å². The fourth-order valence-corrected chi connectivity index (χ4v) is 4.23. The van der Waals surface area contributed by atoms with Crippen molar-refractivity contribution in [3.05, 3.63) is 58.4 Å². The number of aliphatic hydroxyl groups excluding tert-OH is 1. The molecule has 158 valence electrons. The van der Waals surface area contributed by atoms with Crippen LogP contribution in [0.3, 0.4) is 0 Å². The van der Waals surface area contributed by atoms with Crippen molar-refractivity contribution in [1.29, 1.82) is 0 Å². The number of hydrogen-bond donors (Lipinski definition) is 1. The Kier molecular flexibility index (Phi) is 7.55. The molecule has 0 saturated carbocycles. The molecule has 4 nitrogen and oxygen atoms in total. The highest BCUT2D eigenvalue weighted by molar-refractivity contribution is 8.01. The summed E-state index contributed by atoms with van der Waals surface area (Å²) < 4.78 is 86.2. The smallest absolute Gasteiger partial charge is 0.269 e. The fraction of sp³-hybridized carbons (Fsp3) is 0.278. The summed E-state index contributed by atoms with van der Waals surface area (Å²) >= 11 is 0.910. The SMILES string of the molecule is CO.COC(c1c(F)c(F)c(C(F)F)c(F)c1OF)C1Sc2ccccc2C1=O. The zero-order valence-corrected chi connectivity index (χ0v) is 15.7. The van der Waals surface area contributed by atoms with Crippen molar-refractivity contribution in [2.45, 2.75) is 22.7 Å². The van der Waals surface area contributed by atoms with Gasteiger partial charge in [0.2, 0.25) is 5.75 Å². The van der Waals surface area contributed by atoms with Gasteiger partial charge in [0.15, 0.2) is 23.2 Å². The molecule has 1 aliphatic heterocycles. The van der Waals surface area contributed by atoms with E-state index < -0.39 is 57.9 Å². The van der Waals surface area contributed by atoms with Crippen molar-refractivity contribution in [2.75, 3.05) is 14.2 Å². The van der Waals surface area contributed by atoms with Crippen LogP contribution in [0.5, 0.6) is 5.75 Å². The number of Topliss-reactive ketones (excluding diaryl/α,β-unsaturated/α-hetero) is 1. The quantitative estimate of drug-likeness (QED) is 0.526. The van der Waals surface area contributed by atoms with Crippen LogP contribution >= 0.6 is 11.8 Å². The highest BCUT2D eigenvalue weighted by Crippen LogP contribution is 2.48. The van der Waals surface area contributed by atoms with Crippen LogP contribution in [0.15, 0.2) is 29.2 Å². The topological polar surface area (TPSA) is 55.8 Å². The molecule has 1 heterocycles. The molecule has 0 radical (unpaired) electrons. The van der Waals surface area contributed by atoms with Crippen LogP contribution in [0.4, 0.5) is 26.5 Å². The lowest BCUT2D eigenvalue weighted by Gasteiger charge is -2.23. The van der Waals surface area contributed by atoms with Crippen molar-refractivity contribution >= 4 is 17.5 Å². The maximum absolute atomic E-state index is 14.5. The van der Waals surface area contributed by atoms with Crippen LogP contribution in [0, 0.1) is 17.5 Å². The van der Waals surface area contributed by atoms with E-state index in [-0.39, 0.29) is 5.56 Å². The number of benzene rings is 2. The van der Waals surface area contributed by atoms with Crippen LogP contribution in [-0.4, -0.2) is 30.4 Å². The Balaban J connectivity index is 0.00000145. The van der Waals surface area contributed by atoms with Crippen molar-refractivity contribution in [1.82, 2.24) is 0 Å². The summed E-state index contributed by atoms with van der Waals surface area (Å²) in [5, 5.41) is 5.77. The number of carbonyl (C=O) groups excluding carboxylic acids is 1. The van der Waals surface area contributed by atoms with E-state index in [1.54, 1.807) is 18.2 Å². The number of thioether (sulfide) groups is 1. The Morgan fingerprint density at radius 2 is 1.62 bits per heavy atom. The molecule has 0 aromatic heterocycles. The third-order valence-electron chi connectivity index (χ3n) is 4.12. The Bertz CT molecular complexity index is 908. The van der Waals surface area contributed by atoms with Gasteiger partial charge in [0, 0.05) is 29.2 Å². The van der Waals surface area contributed by atoms with Gasteiger partial charge in [0.25, 0.3) is 6.43 Å². The molecule has 0 saturated heterocycles. The van der Waals surface area contributed by atoms with Crippen LogP contribution < -0.4 is 4.94 Å². The summed E-state index contributed by atoms with van der Waals surface area (Å²) in [6, 6.07) is 6.29. The first-order valence-corrected chi connectivity index (χ1v) is 8.75. The van der Waals surface area contributed by atoms with E-state index in [9.17, 15) is 31.3 Å². The van der Waals surface area contributed by atoms with E-state index in [1.165, 1.54) is 6.07 Å². The Morgan fingerprint density at radius 1 is 1.03 bits per heavy atom. The van der Waals surface area contributed by atoms with Gasteiger partial charge in [0.1, 0.15) is 11.4 Å². The molecule has 3 rings (SSSR count). The minimum absolute atomic E-state index is 0.266. The molecular formula is C18H14F6O4S. The second kappa shape index (κ2) is 9.51. The number of hydrogen-bond acceptors (Lipinski definition) is 5. The van der Waals surface area contributed by atoms with Gasteiger partial charge in [-0.15, -0.1) is 11.8 Å². The predicted molar refractivity (Wildman–Crippen MR) is 91.3 cm³/mol. The second-order valence-electron chi connectivity index (χ2n) is 5.53. The molecule has 11 heteroatoms. The number of halogens is 6. The maximum Gasteiger partial charge on any atom is 0.269 e. The molecule has 1 N–H and O–H groups in total. The Hall–Kier alpha value is -2.24. The molecule has 0 aliphatic carbocycles. The van der Waals surface area contributed by atoms with Gasteiger partial charge >= 0.3 is 0 Å². The predicted octanol–water partition coefficient (Wildman–Crippen LogP) is 4.96. The number of carbonyl (C=O) groups is 1. The minimum atomic E-state index is -3.75. The number of fused-ring (bicyclic) bond motifs is 1. The zero-order valence-electron chi connectivity index (χ0n) is 14.9. The normalized spacial score (nSPS) is 16.3. The second-order valence-corrected chi connectivity index (χ2v) is 6.71. The average molecular weight is 440 g/mol. The van der Waals surface area contributed by atoms with E-state index in [0.717, 1.165) is 26.0 Å². The highest BCUT2D eigenvalue weighted by atomic mass is 32.2. The number of rotatable bonds is 5. The molecular weight excluding hydrogens is 426 g/mol. The summed E-state index contributed by atoms with van der Waals surface area (Å²) in [4.78, 5) is 16.3. The number of ketones is 1. The molecule has 2 unspecified atom stereocenters. The van der Waals surface area contributed by atoms with E-state index in [1.807, 2.05) is 0 Å². The standard InChI is InChI=1S/C17H10F6O3S.CH4O/c1-25-15(16-13(24)6-4-2-3-5-7(6)27-16)9-11(19)10(18)8(17(21)22)12(20)14(9)26-23;1-2/h2-5,15-17H,1H3;2H,1H3. The van der Waals surface area contributed by atoms with Crippen molar-refractivity contribution < 1.29 is 46.1 Å². The van der Waals surface area contributed by atoms with Gasteiger partial charge in [-0.25, -0.2) is 22.0 Å². The zero-order chi connectivity index (χ0) is 21.9. The molecule has 2 atom stereocenters. The fourth-order valence-electron chi connectivity index (χ4n) is 2.90. The van der Waals surface area contributed by atoms with E-state index in [4.69, 9.17) is 9.84 Å². The lowest BCUT2D eigenvalue weighted by atomic mass is 9.96. The lowest BCUT2D eigenvalue weighted by Crippen LogP contribution is -2.25. The van der Waals surface area contributed by atoms with Crippen LogP contribution in [-0.2, 0) is 4.74 Å². The molecule has 0 amide bonds. The Labute approximate surface area is 165 Å². The van der Waals surface area contributed by atoms with Gasteiger partial charge in [-0.1, -0.05) is 18.2 Å². The van der Waals surface area contributed by atoms with Gasteiger partial charge in [-0.05, 0) is 6.07 Å². The summed E-state index contributed by atoms with van der Waals surface area (Å²) in [6.07, 6.45) is -5.45. The lowest BCUT2D eigenvalue weighted by molar-refractivity contribution is -0.0183. The van der Waals surface area contributed by atoms with Gasteiger partial charge in [0.05, 0.1) is 11.1 Å². The first-order valence-electron chi connectivity index (χ1n) is 7.87. The van der Waals surface area contributed by atoms with Crippen molar-refractivity contribution in [2.24, 2.45) is 0 Å². The van der Waals surface area contributed by atoms with Crippen LogP contribution in [0.1, 0.15) is 34.0 Å². The highest BCUT2D eigenvalue weighted by Gasteiger charge is 2.43. The summed E-state index contributed by atoms with van der Waals surface area (Å²) in [6.45, 7) is 0. The third kappa shape index (κ3) is 3.94. The molecule has 2 aromatic carbocycles. The summed E-state index contributed by atoms with van der Waals surface area (Å²) in [5.74, 6) is -8.41. The third-order valence-corrected chi connectivity index (χ3v) is 5.44. The van der Waals surface area contributed by atoms with E-state index in [0.29, 0.717) is 4.90 Å².